The van der Waals surface area contributed by atoms with E-state index in [9.17, 15) is 0 Å². The molecule has 0 aliphatic carbocycles. The van der Waals surface area contributed by atoms with Crippen molar-refractivity contribution in [2.45, 2.75) is 60.8 Å². The Labute approximate surface area is 313 Å². The molecular weight excluding hydrogens is 805 g/mol. The smallest absolute Gasteiger partial charge is 0.216 e. The van der Waals surface area contributed by atoms with Crippen LogP contribution in [0.3, 0.4) is 0 Å². The number of aromatic nitrogens is 4. The molecule has 8 rings (SSSR count). The molecule has 0 amide bonds. The van der Waals surface area contributed by atoms with Crippen LogP contribution in [0.1, 0.15) is 54.4 Å². The van der Waals surface area contributed by atoms with Gasteiger partial charge in [-0.2, -0.15) is 0 Å². The van der Waals surface area contributed by atoms with E-state index in [2.05, 4.69) is 136 Å². The van der Waals surface area contributed by atoms with Crippen molar-refractivity contribution in [3.05, 3.63) is 143 Å². The molecule has 5 heterocycles. The van der Waals surface area contributed by atoms with Crippen LogP contribution < -0.4 is 0 Å². The molecule has 3 aromatic carbocycles. The molecule has 6 heteroatoms. The van der Waals surface area contributed by atoms with E-state index in [0.717, 1.165) is 66.7 Å². The summed E-state index contributed by atoms with van der Waals surface area (Å²) in [5.41, 5.74) is 15.4. The van der Waals surface area contributed by atoms with Crippen molar-refractivity contribution in [2.75, 3.05) is 0 Å². The molecular formula is C45H40IrN4O-2. The minimum absolute atomic E-state index is 0. The first kappa shape index (κ1) is 35.8. The van der Waals surface area contributed by atoms with Crippen LogP contribution in [0.2, 0.25) is 0 Å². The molecule has 0 N–H and O–H groups in total. The molecule has 0 aliphatic rings. The number of hydrogen-bond acceptors (Lipinski definition) is 5. The van der Waals surface area contributed by atoms with Gasteiger partial charge in [0, 0.05) is 60.1 Å². The molecule has 5 aromatic heterocycles. The fourth-order valence-corrected chi connectivity index (χ4v) is 6.08. The SMILES string of the molecule is Cc1c[c-]c(-c2cc(C)c(C)cn2)cc1.Cc1ccc2c(n1)oc1c(-c3cc(-c4cc5ccc(C(C)(C)C)nc5cc4C)ccn3)[c-]ccc12.[Ir]. The second-order valence-corrected chi connectivity index (χ2v) is 14.2. The summed E-state index contributed by atoms with van der Waals surface area (Å²) in [5.74, 6) is 0. The van der Waals surface area contributed by atoms with E-state index in [4.69, 9.17) is 9.40 Å². The molecule has 5 nitrogen and oxygen atoms in total. The van der Waals surface area contributed by atoms with Crippen molar-refractivity contribution in [2.24, 2.45) is 0 Å². The summed E-state index contributed by atoms with van der Waals surface area (Å²) in [5, 5.41) is 3.16. The molecule has 0 aliphatic heterocycles. The predicted molar refractivity (Wildman–Crippen MR) is 205 cm³/mol. The maximum Gasteiger partial charge on any atom is 0.216 e. The quantitative estimate of drug-likeness (QED) is 0.166. The van der Waals surface area contributed by atoms with E-state index in [1.807, 2.05) is 43.6 Å². The van der Waals surface area contributed by atoms with E-state index in [1.54, 1.807) is 0 Å². The van der Waals surface area contributed by atoms with E-state index < -0.39 is 0 Å². The fraction of sp³-hybridized carbons (Fsp3) is 0.200. The molecule has 8 aromatic rings. The third kappa shape index (κ3) is 7.39. The molecule has 0 saturated carbocycles. The second-order valence-electron chi connectivity index (χ2n) is 14.2. The number of pyridine rings is 4. The van der Waals surface area contributed by atoms with Crippen LogP contribution in [-0.4, -0.2) is 19.9 Å². The van der Waals surface area contributed by atoms with Crippen LogP contribution in [0.15, 0.2) is 102 Å². The first-order chi connectivity index (χ1) is 23.9. The van der Waals surface area contributed by atoms with Gasteiger partial charge in [-0.25, -0.2) is 4.98 Å². The normalized spacial score (nSPS) is 11.4. The number of benzene rings is 3. The van der Waals surface area contributed by atoms with Crippen LogP contribution in [0, 0.1) is 46.8 Å². The maximum atomic E-state index is 6.19. The number of nitrogens with zero attached hydrogens (tertiary/aromatic N) is 4. The topological polar surface area (TPSA) is 64.7 Å². The number of rotatable bonds is 3. The Morgan fingerprint density at radius 3 is 2.25 bits per heavy atom. The Morgan fingerprint density at radius 1 is 0.686 bits per heavy atom. The standard InChI is InChI=1S/C31H26N3O.C14H14N.Ir/c1-18-15-26-21(10-12-28(34-26)31(3,4)5)16-25(18)20-13-14-32-27(17-20)24-8-6-7-22-23-11-9-19(2)33-30(23)35-29(22)24;1-10-4-6-13(7-5-10)14-8-11(2)12(3)9-15-14;/h6-7,9-17H,1-5H3;4-6,8-9H,1-3H3;/q2*-1;. The van der Waals surface area contributed by atoms with E-state index in [-0.39, 0.29) is 25.5 Å². The van der Waals surface area contributed by atoms with Gasteiger partial charge in [0.15, 0.2) is 0 Å². The van der Waals surface area contributed by atoms with Gasteiger partial charge in [0.25, 0.3) is 0 Å². The van der Waals surface area contributed by atoms with Gasteiger partial charge in [-0.1, -0.05) is 62.4 Å². The zero-order chi connectivity index (χ0) is 35.2. The molecule has 0 saturated heterocycles. The maximum absolute atomic E-state index is 6.19. The van der Waals surface area contributed by atoms with Crippen LogP contribution in [0.25, 0.3) is 66.6 Å². The number of hydrogen-bond donors (Lipinski definition) is 0. The first-order valence-corrected chi connectivity index (χ1v) is 17.0. The van der Waals surface area contributed by atoms with Gasteiger partial charge in [-0.15, -0.1) is 53.6 Å². The second kappa shape index (κ2) is 14.3. The Balaban J connectivity index is 0.000000236. The Kier molecular flexibility index (Phi) is 10.0. The molecule has 0 spiro atoms. The van der Waals surface area contributed by atoms with Crippen molar-refractivity contribution < 1.29 is 24.5 Å². The van der Waals surface area contributed by atoms with Gasteiger partial charge < -0.3 is 14.4 Å². The van der Waals surface area contributed by atoms with Gasteiger partial charge in [0.05, 0.1) is 11.1 Å². The fourth-order valence-electron chi connectivity index (χ4n) is 6.08. The number of aryl methyl sites for hydroxylation is 5. The molecule has 0 bridgehead atoms. The number of fused-ring (bicyclic) bond motifs is 4. The van der Waals surface area contributed by atoms with Crippen molar-refractivity contribution in [1.29, 1.82) is 0 Å². The average molecular weight is 845 g/mol. The van der Waals surface area contributed by atoms with E-state index in [1.165, 1.54) is 27.8 Å². The molecule has 0 atom stereocenters. The summed E-state index contributed by atoms with van der Waals surface area (Å²) in [6.07, 6.45) is 3.77. The van der Waals surface area contributed by atoms with Gasteiger partial charge in [-0.05, 0) is 97.7 Å². The summed E-state index contributed by atoms with van der Waals surface area (Å²) in [6.45, 7) is 16.9. The zero-order valence-electron chi connectivity index (χ0n) is 30.3. The predicted octanol–water partition coefficient (Wildman–Crippen LogP) is 11.4. The van der Waals surface area contributed by atoms with Gasteiger partial charge in [-0.3, -0.25) is 4.98 Å². The average Bonchev–Trinajstić information content (AvgIpc) is 3.47. The van der Waals surface area contributed by atoms with Gasteiger partial charge >= 0.3 is 0 Å². The summed E-state index contributed by atoms with van der Waals surface area (Å²) in [4.78, 5) is 18.6. The van der Waals surface area contributed by atoms with Crippen molar-refractivity contribution in [1.82, 2.24) is 19.9 Å². The minimum atomic E-state index is 0. The first-order valence-electron chi connectivity index (χ1n) is 17.0. The Bertz CT molecular complexity index is 2530. The van der Waals surface area contributed by atoms with E-state index in [0.29, 0.717) is 5.71 Å². The van der Waals surface area contributed by atoms with Crippen molar-refractivity contribution in [3.8, 4) is 33.6 Å². The largest absolute Gasteiger partial charge is 0.486 e. The van der Waals surface area contributed by atoms with Crippen LogP contribution in [0.5, 0.6) is 0 Å². The van der Waals surface area contributed by atoms with Crippen LogP contribution in [0.4, 0.5) is 0 Å². The molecule has 51 heavy (non-hydrogen) atoms. The van der Waals surface area contributed by atoms with E-state index >= 15 is 0 Å². The Hall–Kier alpha value is -5.03. The third-order valence-corrected chi connectivity index (χ3v) is 9.19. The van der Waals surface area contributed by atoms with Crippen LogP contribution >= 0.6 is 0 Å². The number of furan rings is 1. The molecule has 0 unspecified atom stereocenters. The minimum Gasteiger partial charge on any atom is -0.486 e. The van der Waals surface area contributed by atoms with Gasteiger partial charge in [0.1, 0.15) is 0 Å². The molecule has 257 valence electrons. The summed E-state index contributed by atoms with van der Waals surface area (Å²) in [7, 11) is 0. The summed E-state index contributed by atoms with van der Waals surface area (Å²) >= 11 is 0. The van der Waals surface area contributed by atoms with Crippen LogP contribution in [-0.2, 0) is 25.5 Å². The molecule has 0 fully saturated rings. The third-order valence-electron chi connectivity index (χ3n) is 9.19. The van der Waals surface area contributed by atoms with Gasteiger partial charge in [0.2, 0.25) is 5.71 Å². The summed E-state index contributed by atoms with van der Waals surface area (Å²) < 4.78 is 6.19. The summed E-state index contributed by atoms with van der Waals surface area (Å²) in [6, 6.07) is 35.7. The van der Waals surface area contributed by atoms with Crippen molar-refractivity contribution in [3.63, 3.8) is 0 Å². The Morgan fingerprint density at radius 2 is 1.51 bits per heavy atom. The zero-order valence-corrected chi connectivity index (χ0v) is 32.7. The molecule has 1 radical (unpaired) electrons. The monoisotopic (exact) mass is 845 g/mol. The van der Waals surface area contributed by atoms with Crippen molar-refractivity contribution >= 4 is 33.0 Å².